The van der Waals surface area contributed by atoms with Crippen LogP contribution in [0.4, 0.5) is 4.39 Å². The van der Waals surface area contributed by atoms with Crippen molar-refractivity contribution < 1.29 is 38.0 Å². The number of hydrogen-bond acceptors (Lipinski definition) is 6. The largest absolute Gasteiger partial charge is 0.502 e. The van der Waals surface area contributed by atoms with Crippen LogP contribution >= 0.6 is 19.4 Å². The van der Waals surface area contributed by atoms with Gasteiger partial charge in [-0.05, 0) is 56.2 Å². The van der Waals surface area contributed by atoms with Crippen LogP contribution in [0.3, 0.4) is 0 Å². The maximum absolute atomic E-state index is 14.0. The third-order valence-electron chi connectivity index (χ3n) is 8.40. The van der Waals surface area contributed by atoms with Gasteiger partial charge in [-0.25, -0.2) is 8.96 Å². The van der Waals surface area contributed by atoms with E-state index in [-0.39, 0.29) is 59.7 Å². The molecule has 1 spiro atoms. The summed E-state index contributed by atoms with van der Waals surface area (Å²) >= 11 is 5.88. The predicted molar refractivity (Wildman–Crippen MR) is 135 cm³/mol. The van der Waals surface area contributed by atoms with E-state index in [0.29, 0.717) is 12.0 Å². The number of benzene rings is 1. The summed E-state index contributed by atoms with van der Waals surface area (Å²) in [5.41, 5.74) is -1.33. The number of carbonyl (C=O) groups excluding carboxylic acids is 2. The summed E-state index contributed by atoms with van der Waals surface area (Å²) in [7, 11) is -4.83. The number of amides is 2. The van der Waals surface area contributed by atoms with Crippen molar-refractivity contribution in [3.8, 4) is 5.75 Å². The monoisotopic (exact) mass is 581 g/mol. The first-order valence-corrected chi connectivity index (χ1v) is 14.5. The lowest BCUT2D eigenvalue weighted by molar-refractivity contribution is 0.00420. The summed E-state index contributed by atoms with van der Waals surface area (Å²) in [6, 6.07) is 4.07. The molecule has 39 heavy (non-hydrogen) atoms. The van der Waals surface area contributed by atoms with Crippen LogP contribution in [-0.4, -0.2) is 60.3 Å². The maximum Gasteiger partial charge on any atom is 0.469 e. The first-order valence-electron chi connectivity index (χ1n) is 12.6. The van der Waals surface area contributed by atoms with Crippen molar-refractivity contribution >= 4 is 31.2 Å². The molecule has 2 aliphatic carbocycles. The highest BCUT2D eigenvalue weighted by atomic mass is 35.5. The van der Waals surface area contributed by atoms with Crippen LogP contribution in [0.5, 0.6) is 5.75 Å². The molecule has 2 saturated carbocycles. The van der Waals surface area contributed by atoms with Gasteiger partial charge in [0.05, 0.1) is 16.7 Å². The summed E-state index contributed by atoms with van der Waals surface area (Å²) in [5.74, 6) is -2.28. The number of halogens is 2. The number of phosphoric acid groups is 1. The number of hydrogen-bond donors (Lipinski definition) is 3. The lowest BCUT2D eigenvalue weighted by Crippen LogP contribution is -2.52. The van der Waals surface area contributed by atoms with Gasteiger partial charge >= 0.3 is 7.82 Å². The molecule has 4 atom stereocenters. The Morgan fingerprint density at radius 3 is 2.62 bits per heavy atom. The molecular formula is C25H26ClFN3O8P. The first-order chi connectivity index (χ1) is 18.3. The van der Waals surface area contributed by atoms with Crippen molar-refractivity contribution in [2.24, 2.45) is 11.8 Å². The van der Waals surface area contributed by atoms with Gasteiger partial charge in [0.1, 0.15) is 17.2 Å². The van der Waals surface area contributed by atoms with Gasteiger partial charge in [0.25, 0.3) is 17.4 Å². The molecule has 1 aromatic carbocycles. The fraction of sp³-hybridized carbons (Fsp3) is 0.480. The van der Waals surface area contributed by atoms with Gasteiger partial charge in [-0.3, -0.25) is 23.5 Å². The maximum atomic E-state index is 14.0. The van der Waals surface area contributed by atoms with E-state index in [1.807, 2.05) is 0 Å². The van der Waals surface area contributed by atoms with Crippen molar-refractivity contribution in [1.29, 1.82) is 0 Å². The fourth-order valence-electron chi connectivity index (χ4n) is 6.81. The van der Waals surface area contributed by atoms with Crippen molar-refractivity contribution in [2.75, 3.05) is 13.1 Å². The molecular weight excluding hydrogens is 556 g/mol. The summed E-state index contributed by atoms with van der Waals surface area (Å²) in [6.07, 6.45) is 1.09. The van der Waals surface area contributed by atoms with E-state index in [1.54, 1.807) is 0 Å². The zero-order chi connectivity index (χ0) is 28.0. The highest BCUT2D eigenvalue weighted by Crippen LogP contribution is 2.64. The molecule has 2 aromatic rings. The van der Waals surface area contributed by atoms with Gasteiger partial charge in [0.15, 0.2) is 5.75 Å². The van der Waals surface area contributed by atoms with Crippen molar-refractivity contribution in [3.63, 3.8) is 0 Å². The zero-order valence-corrected chi connectivity index (χ0v) is 22.5. The van der Waals surface area contributed by atoms with Crippen molar-refractivity contribution in [3.05, 3.63) is 61.8 Å². The summed E-state index contributed by atoms with van der Waals surface area (Å²) in [4.78, 5) is 62.6. The van der Waals surface area contributed by atoms with Crippen LogP contribution in [0.1, 0.15) is 58.2 Å². The number of pyridine rings is 1. The summed E-state index contributed by atoms with van der Waals surface area (Å²) in [5, 5.41) is 11.0. The van der Waals surface area contributed by atoms with Gasteiger partial charge in [0.2, 0.25) is 0 Å². The van der Waals surface area contributed by atoms with Gasteiger partial charge in [-0.1, -0.05) is 17.7 Å². The number of carbonyl (C=O) groups is 2. The van der Waals surface area contributed by atoms with Crippen molar-refractivity contribution in [2.45, 2.75) is 50.9 Å². The Labute approximate surface area is 227 Å². The van der Waals surface area contributed by atoms with E-state index >= 15 is 0 Å². The fourth-order valence-corrected chi connectivity index (χ4v) is 7.55. The van der Waals surface area contributed by atoms with E-state index in [1.165, 1.54) is 39.5 Å². The second-order valence-corrected chi connectivity index (χ2v) is 12.4. The van der Waals surface area contributed by atoms with Crippen LogP contribution in [0, 0.1) is 17.7 Å². The molecule has 0 saturated heterocycles. The molecule has 0 unspecified atom stereocenters. The molecule has 1 aromatic heterocycles. The summed E-state index contributed by atoms with van der Waals surface area (Å²) < 4.78 is 31.2. The molecule has 2 amide bonds. The standard InChI is InChI=1S/C25H26ClFN3O8P/c1-12(38-39(35,36)37)10-29-23(33)20-15-5-7-28(11-13-2-3-18(27)17(26)8-13)22(32)19(15)21(31)24(34)30(20)25(29)6-4-14-9-16(14)25/h2-3,8,12,14,16,31H,4-7,9-11H2,1H3,(H2,35,36,37)/t12-,14+,16-,25-/m1/s1. The highest BCUT2D eigenvalue weighted by Gasteiger charge is 2.67. The Morgan fingerprint density at radius 2 is 2.00 bits per heavy atom. The van der Waals surface area contributed by atoms with Crippen molar-refractivity contribution in [1.82, 2.24) is 14.4 Å². The van der Waals surface area contributed by atoms with Gasteiger partial charge in [0, 0.05) is 31.1 Å². The average Bonchev–Trinajstić information content (AvgIpc) is 3.49. The molecule has 0 radical (unpaired) electrons. The molecule has 6 rings (SSSR count). The normalized spacial score (nSPS) is 26.2. The Morgan fingerprint density at radius 1 is 1.26 bits per heavy atom. The lowest BCUT2D eigenvalue weighted by Gasteiger charge is -2.39. The lowest BCUT2D eigenvalue weighted by atomic mass is 9.95. The minimum absolute atomic E-state index is 0.0292. The quantitative estimate of drug-likeness (QED) is 0.441. The Hall–Kier alpha value is -2.76. The topological polar surface area (TPSA) is 150 Å². The number of fused-ring (bicyclic) bond motifs is 6. The number of nitrogens with zero attached hydrogens (tertiary/aromatic N) is 3. The van der Waals surface area contributed by atoms with Crippen LogP contribution in [0.2, 0.25) is 5.02 Å². The third-order valence-corrected chi connectivity index (χ3v) is 9.33. The molecule has 0 bridgehead atoms. The zero-order valence-electron chi connectivity index (χ0n) is 20.8. The molecule has 14 heteroatoms. The number of aromatic nitrogens is 1. The number of phosphoric ester groups is 1. The summed E-state index contributed by atoms with van der Waals surface area (Å²) in [6.45, 7) is 1.48. The van der Waals surface area contributed by atoms with E-state index in [9.17, 15) is 38.2 Å². The second kappa shape index (κ2) is 8.87. The molecule has 2 fully saturated rings. The second-order valence-electron chi connectivity index (χ2n) is 10.8. The highest BCUT2D eigenvalue weighted by molar-refractivity contribution is 7.46. The van der Waals surface area contributed by atoms with Crippen LogP contribution in [-0.2, 0) is 27.7 Å². The molecule has 208 valence electrons. The Balaban J connectivity index is 1.42. The molecule has 2 aliphatic heterocycles. The average molecular weight is 582 g/mol. The Kier molecular flexibility index (Phi) is 6.02. The van der Waals surface area contributed by atoms with Crippen LogP contribution < -0.4 is 5.56 Å². The minimum atomic E-state index is -4.83. The predicted octanol–water partition coefficient (Wildman–Crippen LogP) is 2.58. The van der Waals surface area contributed by atoms with Gasteiger partial charge in [-0.15, -0.1) is 0 Å². The smallest absolute Gasteiger partial charge is 0.469 e. The van der Waals surface area contributed by atoms with Crippen LogP contribution in [0.25, 0.3) is 0 Å². The number of rotatable bonds is 6. The van der Waals surface area contributed by atoms with E-state index in [4.69, 9.17) is 16.1 Å². The van der Waals surface area contributed by atoms with Crippen LogP contribution in [0.15, 0.2) is 23.0 Å². The Bertz CT molecular complexity index is 1540. The van der Waals surface area contributed by atoms with E-state index in [0.717, 1.165) is 12.8 Å². The number of aromatic hydroxyl groups is 1. The van der Waals surface area contributed by atoms with Gasteiger partial charge in [-0.2, -0.15) is 0 Å². The molecule has 3 N–H and O–H groups in total. The minimum Gasteiger partial charge on any atom is -0.502 e. The van der Waals surface area contributed by atoms with Gasteiger partial charge < -0.3 is 24.7 Å². The molecule has 4 aliphatic rings. The third kappa shape index (κ3) is 4.03. The first kappa shape index (κ1) is 26.5. The molecule has 11 nitrogen and oxygen atoms in total. The molecule has 3 heterocycles. The van der Waals surface area contributed by atoms with E-state index in [2.05, 4.69) is 0 Å². The van der Waals surface area contributed by atoms with E-state index < -0.39 is 48.5 Å². The SMILES string of the molecule is C[C@H](CN1C(=O)c2c3c(c(O)c(=O)n2[C@@]12CC[C@H]1C[C@H]12)C(=O)N(Cc1ccc(F)c(Cl)c1)CC3)OP(=O)(O)O.